The minimum atomic E-state index is -1.05. The van der Waals surface area contributed by atoms with Gasteiger partial charge in [-0.25, -0.2) is 22.4 Å². The molecule has 3 aliphatic heterocycles. The van der Waals surface area contributed by atoms with E-state index >= 15 is 0 Å². The van der Waals surface area contributed by atoms with Crippen LogP contribution in [0.3, 0.4) is 0 Å². The summed E-state index contributed by atoms with van der Waals surface area (Å²) in [6.07, 6.45) is 1.28. The minimum absolute atomic E-state index is 0.00427. The van der Waals surface area contributed by atoms with Gasteiger partial charge in [0.15, 0.2) is 17.7 Å². The standard InChI is InChI=1S/C29H28ClF4N2O2/c30-22-13-19(14-23(31)16-22)7-10-36-11-8-21(9-12-36)28(18-36)38-29(37)35(27-4-2-1-3-25(27)33)17-20-5-6-24(32)26(34)15-20/h1-6,13-16,21,28H,7-12,17-18H2/q+1/t21?,28-,36?/m0/s1. The van der Waals surface area contributed by atoms with Crippen LogP contribution in [-0.4, -0.2) is 42.9 Å². The van der Waals surface area contributed by atoms with Crippen LogP contribution in [0.5, 0.6) is 0 Å². The number of anilines is 1. The summed E-state index contributed by atoms with van der Waals surface area (Å²) in [6.45, 7) is 3.05. The van der Waals surface area contributed by atoms with Gasteiger partial charge in [0, 0.05) is 30.2 Å². The Morgan fingerprint density at radius 2 is 1.68 bits per heavy atom. The molecule has 3 saturated heterocycles. The van der Waals surface area contributed by atoms with Crippen LogP contribution in [0.4, 0.5) is 28.0 Å². The number of rotatable bonds is 7. The average molecular weight is 548 g/mol. The maximum absolute atomic E-state index is 14.7. The molecular weight excluding hydrogens is 520 g/mol. The number of carbonyl (C=O) groups is 1. The van der Waals surface area contributed by atoms with Gasteiger partial charge in [-0.1, -0.05) is 29.8 Å². The molecule has 0 saturated carbocycles. The minimum Gasteiger partial charge on any atom is -0.440 e. The smallest absolute Gasteiger partial charge is 0.415 e. The summed E-state index contributed by atoms with van der Waals surface area (Å²) in [6, 6.07) is 13.6. The average Bonchev–Trinajstić information content (AvgIpc) is 2.89. The Labute approximate surface area is 224 Å². The van der Waals surface area contributed by atoms with Gasteiger partial charge in [0.1, 0.15) is 18.2 Å². The van der Waals surface area contributed by atoms with Gasteiger partial charge in [-0.2, -0.15) is 0 Å². The van der Waals surface area contributed by atoms with E-state index in [0.717, 1.165) is 59.6 Å². The summed E-state index contributed by atoms with van der Waals surface area (Å²) >= 11 is 6.02. The van der Waals surface area contributed by atoms with Gasteiger partial charge in [0.25, 0.3) is 0 Å². The first-order valence-electron chi connectivity index (χ1n) is 12.7. The first kappa shape index (κ1) is 26.5. The van der Waals surface area contributed by atoms with Gasteiger partial charge in [-0.15, -0.1) is 0 Å². The van der Waals surface area contributed by atoms with Crippen molar-refractivity contribution in [3.63, 3.8) is 0 Å². The predicted molar refractivity (Wildman–Crippen MR) is 137 cm³/mol. The van der Waals surface area contributed by atoms with Gasteiger partial charge in [-0.3, -0.25) is 4.90 Å². The van der Waals surface area contributed by atoms with Crippen LogP contribution in [0.25, 0.3) is 0 Å². The summed E-state index contributed by atoms with van der Waals surface area (Å²) in [7, 11) is 0. The third-order valence-corrected chi connectivity index (χ3v) is 8.00. The van der Waals surface area contributed by atoms with Crippen molar-refractivity contribution in [2.45, 2.75) is 31.9 Å². The molecule has 3 aromatic rings. The molecule has 0 spiro atoms. The van der Waals surface area contributed by atoms with Gasteiger partial charge < -0.3 is 9.22 Å². The number of quaternary nitrogens is 1. The quantitative estimate of drug-likeness (QED) is 0.238. The molecule has 38 heavy (non-hydrogen) atoms. The zero-order valence-electron chi connectivity index (χ0n) is 20.7. The van der Waals surface area contributed by atoms with Gasteiger partial charge in [0.2, 0.25) is 0 Å². The molecule has 0 aliphatic carbocycles. The van der Waals surface area contributed by atoms with E-state index in [0.29, 0.717) is 23.6 Å². The number of hydrogen-bond donors (Lipinski definition) is 0. The molecule has 3 aliphatic rings. The van der Waals surface area contributed by atoms with Crippen molar-refractivity contribution in [3.8, 4) is 0 Å². The second kappa shape index (κ2) is 10.9. The van der Waals surface area contributed by atoms with Crippen molar-refractivity contribution in [3.05, 3.63) is 100 Å². The summed E-state index contributed by atoms with van der Waals surface area (Å²) in [5.41, 5.74) is 1.12. The molecule has 200 valence electrons. The van der Waals surface area contributed by atoms with E-state index in [2.05, 4.69) is 0 Å². The molecule has 1 atom stereocenters. The molecule has 1 amide bonds. The molecule has 0 radical (unpaired) electrons. The lowest BCUT2D eigenvalue weighted by atomic mass is 9.83. The number of ether oxygens (including phenoxy) is 1. The highest BCUT2D eigenvalue weighted by atomic mass is 35.5. The Kier molecular flexibility index (Phi) is 7.63. The summed E-state index contributed by atoms with van der Waals surface area (Å²) in [5, 5.41) is 0.360. The van der Waals surface area contributed by atoms with E-state index in [1.165, 1.54) is 36.4 Å². The fourth-order valence-electron chi connectivity index (χ4n) is 5.72. The summed E-state index contributed by atoms with van der Waals surface area (Å²) in [5.74, 6) is -2.86. The first-order chi connectivity index (χ1) is 18.2. The zero-order valence-corrected chi connectivity index (χ0v) is 21.4. The Morgan fingerprint density at radius 1 is 0.921 bits per heavy atom. The number of halogens is 5. The molecule has 0 N–H and O–H groups in total. The van der Waals surface area contributed by atoms with Gasteiger partial charge in [0.05, 0.1) is 31.9 Å². The van der Waals surface area contributed by atoms with Crippen LogP contribution in [0, 0.1) is 29.2 Å². The second-order valence-corrected chi connectivity index (χ2v) is 10.7. The van der Waals surface area contributed by atoms with Crippen molar-refractivity contribution < 1.29 is 31.6 Å². The van der Waals surface area contributed by atoms with Crippen molar-refractivity contribution in [2.24, 2.45) is 5.92 Å². The first-order valence-corrected chi connectivity index (χ1v) is 13.1. The van der Waals surface area contributed by atoms with E-state index in [1.807, 2.05) is 0 Å². The van der Waals surface area contributed by atoms with E-state index in [1.54, 1.807) is 12.1 Å². The topological polar surface area (TPSA) is 29.5 Å². The van der Waals surface area contributed by atoms with E-state index in [9.17, 15) is 22.4 Å². The molecule has 2 bridgehead atoms. The summed E-state index contributed by atoms with van der Waals surface area (Å²) in [4.78, 5) is 14.6. The lowest BCUT2D eigenvalue weighted by Crippen LogP contribution is -2.65. The van der Waals surface area contributed by atoms with Crippen molar-refractivity contribution >= 4 is 23.4 Å². The van der Waals surface area contributed by atoms with E-state index < -0.39 is 23.5 Å². The van der Waals surface area contributed by atoms with Crippen molar-refractivity contribution in [1.82, 2.24) is 0 Å². The van der Waals surface area contributed by atoms with Crippen LogP contribution < -0.4 is 4.90 Å². The van der Waals surface area contributed by atoms with Crippen molar-refractivity contribution in [1.29, 1.82) is 0 Å². The van der Waals surface area contributed by atoms with Crippen LogP contribution >= 0.6 is 11.6 Å². The number of fused-ring (bicyclic) bond motifs is 3. The third kappa shape index (κ3) is 5.81. The third-order valence-electron chi connectivity index (χ3n) is 7.78. The fraction of sp³-hybridized carbons (Fsp3) is 0.345. The molecule has 9 heteroatoms. The molecular formula is C29H28ClF4N2O2+. The van der Waals surface area contributed by atoms with Gasteiger partial charge in [-0.05, 0) is 53.6 Å². The Morgan fingerprint density at radius 3 is 2.39 bits per heavy atom. The molecule has 4 nitrogen and oxygen atoms in total. The SMILES string of the molecule is O=C(O[C@H]1C[N+]2(CCc3cc(F)cc(Cl)c3)CCC1CC2)N(Cc1ccc(F)c(F)c1)c1ccccc1F. The monoisotopic (exact) mass is 547 g/mol. The Hall–Kier alpha value is -3.10. The number of nitrogens with zero attached hydrogens (tertiary/aromatic N) is 2. The number of piperidine rings is 3. The molecule has 3 heterocycles. The molecule has 6 rings (SSSR count). The van der Waals surface area contributed by atoms with Crippen LogP contribution in [0.1, 0.15) is 24.0 Å². The zero-order chi connectivity index (χ0) is 26.9. The van der Waals surface area contributed by atoms with Crippen LogP contribution in [0.15, 0.2) is 60.7 Å². The molecule has 3 fully saturated rings. The Bertz CT molecular complexity index is 1310. The highest BCUT2D eigenvalue weighted by Gasteiger charge is 2.47. The second-order valence-electron chi connectivity index (χ2n) is 10.3. The highest BCUT2D eigenvalue weighted by molar-refractivity contribution is 6.30. The maximum Gasteiger partial charge on any atom is 0.415 e. The number of carbonyl (C=O) groups excluding carboxylic acids is 1. The van der Waals surface area contributed by atoms with Gasteiger partial charge >= 0.3 is 6.09 Å². The Balaban J connectivity index is 1.32. The number of hydrogen-bond acceptors (Lipinski definition) is 2. The van der Waals surface area contributed by atoms with Crippen LogP contribution in [-0.2, 0) is 17.7 Å². The maximum atomic E-state index is 14.7. The fourth-order valence-corrected chi connectivity index (χ4v) is 5.97. The number of amides is 1. The number of benzene rings is 3. The molecule has 3 aromatic carbocycles. The predicted octanol–water partition coefficient (Wildman–Crippen LogP) is 6.89. The summed E-state index contributed by atoms with van der Waals surface area (Å²) < 4.78 is 62.6. The lowest BCUT2D eigenvalue weighted by Gasteiger charge is -2.52. The number of para-hydroxylation sites is 1. The van der Waals surface area contributed by atoms with Crippen LogP contribution in [0.2, 0.25) is 5.02 Å². The van der Waals surface area contributed by atoms with E-state index in [-0.39, 0.29) is 30.1 Å². The normalized spacial score (nSPS) is 22.3. The molecule has 0 unspecified atom stereocenters. The van der Waals surface area contributed by atoms with Crippen molar-refractivity contribution in [2.75, 3.05) is 31.1 Å². The molecule has 0 aromatic heterocycles. The largest absolute Gasteiger partial charge is 0.440 e. The van der Waals surface area contributed by atoms with E-state index in [4.69, 9.17) is 16.3 Å². The lowest BCUT2D eigenvalue weighted by molar-refractivity contribution is -0.945. The highest BCUT2D eigenvalue weighted by Crippen LogP contribution is 2.37.